The minimum absolute atomic E-state index is 0.0248. The minimum atomic E-state index is -0.761. The Hall–Kier alpha value is -2.04. The Balaban J connectivity index is 2.12. The van der Waals surface area contributed by atoms with E-state index in [1.807, 2.05) is 19.9 Å². The third-order valence-corrected chi connectivity index (χ3v) is 3.31. The lowest BCUT2D eigenvalue weighted by atomic mass is 10.0. The summed E-state index contributed by atoms with van der Waals surface area (Å²) in [5, 5.41) is 3.53. The molecule has 0 amide bonds. The Kier molecular flexibility index (Phi) is 4.04. The summed E-state index contributed by atoms with van der Waals surface area (Å²) in [5.41, 5.74) is 8.97. The molecule has 0 spiro atoms. The Labute approximate surface area is 111 Å². The van der Waals surface area contributed by atoms with Crippen LogP contribution < -0.4 is 0 Å². The van der Waals surface area contributed by atoms with Gasteiger partial charge in [-0.3, -0.25) is 0 Å². The SMILES string of the molecule is CC1[C@H](OC(=O)c2ccccc2)C(N=[N+]=[N-])O[C@@H]1C. The van der Waals surface area contributed by atoms with Gasteiger partial charge < -0.3 is 9.47 Å². The van der Waals surface area contributed by atoms with Crippen LogP contribution in [0.3, 0.4) is 0 Å². The molecule has 1 heterocycles. The molecule has 6 heteroatoms. The average molecular weight is 261 g/mol. The summed E-state index contributed by atoms with van der Waals surface area (Å²) in [6.07, 6.45) is -1.44. The van der Waals surface area contributed by atoms with Crippen molar-refractivity contribution in [3.63, 3.8) is 0 Å². The average Bonchev–Trinajstić information content (AvgIpc) is 2.68. The summed E-state index contributed by atoms with van der Waals surface area (Å²) in [6, 6.07) is 8.70. The first-order valence-corrected chi connectivity index (χ1v) is 6.09. The van der Waals surface area contributed by atoms with E-state index in [4.69, 9.17) is 15.0 Å². The molecule has 19 heavy (non-hydrogen) atoms. The van der Waals surface area contributed by atoms with Crippen LogP contribution in [-0.2, 0) is 9.47 Å². The van der Waals surface area contributed by atoms with Gasteiger partial charge in [0, 0.05) is 10.8 Å². The molecule has 1 fully saturated rings. The molecule has 6 nitrogen and oxygen atoms in total. The molecule has 1 aromatic carbocycles. The summed E-state index contributed by atoms with van der Waals surface area (Å²) in [4.78, 5) is 14.7. The highest BCUT2D eigenvalue weighted by Gasteiger charge is 2.42. The van der Waals surface area contributed by atoms with Gasteiger partial charge in [0.25, 0.3) is 0 Å². The molecule has 0 bridgehead atoms. The van der Waals surface area contributed by atoms with Crippen molar-refractivity contribution >= 4 is 5.97 Å². The van der Waals surface area contributed by atoms with Gasteiger partial charge in [-0.25, -0.2) is 4.79 Å². The number of nitrogens with zero attached hydrogens (tertiary/aromatic N) is 3. The third kappa shape index (κ3) is 2.86. The second-order valence-electron chi connectivity index (χ2n) is 4.53. The third-order valence-electron chi connectivity index (χ3n) is 3.31. The number of hydrogen-bond acceptors (Lipinski definition) is 4. The lowest BCUT2D eigenvalue weighted by Gasteiger charge is -2.18. The molecule has 0 N–H and O–H groups in total. The standard InChI is InChI=1S/C13H15N3O3/c1-8-9(2)18-12(15-16-14)11(8)19-13(17)10-6-4-3-5-7-10/h3-9,11-12H,1-2H3/t8?,9-,11+,12?/m1/s1. The first-order chi connectivity index (χ1) is 9.13. The number of hydrogen-bond donors (Lipinski definition) is 0. The normalized spacial score (nSPS) is 29.6. The largest absolute Gasteiger partial charge is 0.455 e. The highest BCUT2D eigenvalue weighted by atomic mass is 16.6. The van der Waals surface area contributed by atoms with Crippen molar-refractivity contribution in [1.82, 2.24) is 0 Å². The monoisotopic (exact) mass is 261 g/mol. The second-order valence-corrected chi connectivity index (χ2v) is 4.53. The fraction of sp³-hybridized carbons (Fsp3) is 0.462. The molecule has 4 atom stereocenters. The maximum absolute atomic E-state index is 12.0. The predicted molar refractivity (Wildman–Crippen MR) is 68.3 cm³/mol. The molecule has 0 saturated carbocycles. The summed E-state index contributed by atoms with van der Waals surface area (Å²) in [6.45, 7) is 3.77. The van der Waals surface area contributed by atoms with E-state index < -0.39 is 18.3 Å². The lowest BCUT2D eigenvalue weighted by Crippen LogP contribution is -2.30. The van der Waals surface area contributed by atoms with Gasteiger partial charge in [0.05, 0.1) is 11.7 Å². The van der Waals surface area contributed by atoms with Gasteiger partial charge >= 0.3 is 5.97 Å². The first-order valence-electron chi connectivity index (χ1n) is 6.09. The first kappa shape index (κ1) is 13.4. The molecule has 1 aliphatic heterocycles. The van der Waals surface area contributed by atoms with E-state index in [-0.39, 0.29) is 12.0 Å². The van der Waals surface area contributed by atoms with Crippen LogP contribution in [0, 0.1) is 5.92 Å². The maximum atomic E-state index is 12.0. The van der Waals surface area contributed by atoms with E-state index in [9.17, 15) is 4.79 Å². The summed E-state index contributed by atoms with van der Waals surface area (Å²) >= 11 is 0. The van der Waals surface area contributed by atoms with Crippen LogP contribution in [0.15, 0.2) is 35.4 Å². The van der Waals surface area contributed by atoms with E-state index >= 15 is 0 Å². The maximum Gasteiger partial charge on any atom is 0.338 e. The number of esters is 1. The van der Waals surface area contributed by atoms with Crippen LogP contribution in [0.25, 0.3) is 10.4 Å². The van der Waals surface area contributed by atoms with Crippen molar-refractivity contribution in [2.45, 2.75) is 32.3 Å². The van der Waals surface area contributed by atoms with Crippen LogP contribution in [0.5, 0.6) is 0 Å². The van der Waals surface area contributed by atoms with Crippen molar-refractivity contribution in [3.05, 3.63) is 46.3 Å². The quantitative estimate of drug-likeness (QED) is 0.363. The van der Waals surface area contributed by atoms with E-state index in [1.54, 1.807) is 24.3 Å². The number of benzene rings is 1. The minimum Gasteiger partial charge on any atom is -0.455 e. The summed E-state index contributed by atoms with van der Waals surface area (Å²) in [7, 11) is 0. The van der Waals surface area contributed by atoms with E-state index in [1.165, 1.54) is 0 Å². The van der Waals surface area contributed by atoms with Crippen molar-refractivity contribution in [2.24, 2.45) is 11.0 Å². The molecule has 1 saturated heterocycles. The Morgan fingerprint density at radius 2 is 2.05 bits per heavy atom. The zero-order valence-electron chi connectivity index (χ0n) is 10.8. The number of carbonyl (C=O) groups excluding carboxylic acids is 1. The topological polar surface area (TPSA) is 84.3 Å². The van der Waals surface area contributed by atoms with Crippen molar-refractivity contribution in [2.75, 3.05) is 0 Å². The van der Waals surface area contributed by atoms with Gasteiger partial charge in [-0.15, -0.1) is 0 Å². The van der Waals surface area contributed by atoms with Crippen LogP contribution in [0.4, 0.5) is 0 Å². The predicted octanol–water partition coefficient (Wildman–Crippen LogP) is 2.90. The smallest absolute Gasteiger partial charge is 0.338 e. The van der Waals surface area contributed by atoms with Gasteiger partial charge in [0.2, 0.25) is 0 Å². The van der Waals surface area contributed by atoms with Crippen LogP contribution in [0.2, 0.25) is 0 Å². The highest BCUT2D eigenvalue weighted by Crippen LogP contribution is 2.30. The molecule has 2 rings (SSSR count). The zero-order valence-corrected chi connectivity index (χ0v) is 10.8. The molecule has 0 radical (unpaired) electrons. The van der Waals surface area contributed by atoms with Gasteiger partial charge in [0.1, 0.15) is 6.10 Å². The van der Waals surface area contributed by atoms with Crippen LogP contribution in [-0.4, -0.2) is 24.4 Å². The van der Waals surface area contributed by atoms with Gasteiger partial charge in [-0.05, 0) is 24.6 Å². The molecule has 1 aromatic rings. The van der Waals surface area contributed by atoms with Crippen LogP contribution in [0.1, 0.15) is 24.2 Å². The Bertz CT molecular complexity index is 499. The molecule has 100 valence electrons. The van der Waals surface area contributed by atoms with E-state index in [2.05, 4.69) is 10.0 Å². The van der Waals surface area contributed by atoms with Gasteiger partial charge in [0.15, 0.2) is 6.23 Å². The molecule has 1 aliphatic rings. The molecule has 0 aliphatic carbocycles. The summed E-state index contributed by atoms with van der Waals surface area (Å²) < 4.78 is 10.9. The number of ether oxygens (including phenoxy) is 2. The molecule has 2 unspecified atom stereocenters. The fourth-order valence-electron chi connectivity index (χ4n) is 2.02. The molecular weight excluding hydrogens is 246 g/mol. The number of rotatable bonds is 3. The number of azide groups is 1. The molecule has 0 aromatic heterocycles. The lowest BCUT2D eigenvalue weighted by molar-refractivity contribution is -0.00723. The highest BCUT2D eigenvalue weighted by molar-refractivity contribution is 5.89. The van der Waals surface area contributed by atoms with Gasteiger partial charge in [-0.2, -0.15) is 0 Å². The zero-order chi connectivity index (χ0) is 13.8. The molecular formula is C13H15N3O3. The Morgan fingerprint density at radius 1 is 1.37 bits per heavy atom. The summed E-state index contributed by atoms with van der Waals surface area (Å²) in [5.74, 6) is -0.462. The second kappa shape index (κ2) is 5.73. The number of carbonyl (C=O) groups is 1. The van der Waals surface area contributed by atoms with Crippen molar-refractivity contribution < 1.29 is 14.3 Å². The van der Waals surface area contributed by atoms with Crippen molar-refractivity contribution in [1.29, 1.82) is 0 Å². The fourth-order valence-corrected chi connectivity index (χ4v) is 2.02. The van der Waals surface area contributed by atoms with E-state index in [0.717, 1.165) is 0 Å². The van der Waals surface area contributed by atoms with Crippen molar-refractivity contribution in [3.8, 4) is 0 Å². The van der Waals surface area contributed by atoms with E-state index in [0.29, 0.717) is 5.56 Å². The van der Waals surface area contributed by atoms with Gasteiger partial charge in [-0.1, -0.05) is 30.2 Å². The van der Waals surface area contributed by atoms with Crippen LogP contribution >= 0.6 is 0 Å². The Morgan fingerprint density at radius 3 is 2.68 bits per heavy atom.